The predicted octanol–water partition coefficient (Wildman–Crippen LogP) is 2.39. The molecule has 0 aliphatic heterocycles. The van der Waals surface area contributed by atoms with Crippen molar-refractivity contribution in [3.63, 3.8) is 0 Å². The third kappa shape index (κ3) is 1.81. The van der Waals surface area contributed by atoms with Gasteiger partial charge in [0.05, 0.1) is 6.67 Å². The average Bonchev–Trinajstić information content (AvgIpc) is 2.57. The van der Waals surface area contributed by atoms with Crippen molar-refractivity contribution < 1.29 is 4.79 Å². The molecule has 0 N–H and O–H groups in total. The lowest BCUT2D eigenvalue weighted by Gasteiger charge is -2.16. The first-order valence-electron chi connectivity index (χ1n) is 5.36. The van der Waals surface area contributed by atoms with Crippen molar-refractivity contribution in [3.05, 3.63) is 36.0 Å². The number of carbonyl (C=O) groups excluding carboxylic acids is 1. The Morgan fingerprint density at radius 3 is 2.75 bits per heavy atom. The molecule has 0 aliphatic carbocycles. The highest BCUT2D eigenvalue weighted by atomic mass is 16.2. The number of benzene rings is 1. The van der Waals surface area contributed by atoms with Crippen LogP contribution in [0.4, 0.5) is 0 Å². The van der Waals surface area contributed by atoms with Gasteiger partial charge in [0.15, 0.2) is 0 Å². The first-order chi connectivity index (χ1) is 7.59. The number of amides is 1. The van der Waals surface area contributed by atoms with Gasteiger partial charge < -0.3 is 9.47 Å². The van der Waals surface area contributed by atoms with Crippen LogP contribution in [0.2, 0.25) is 0 Å². The topological polar surface area (TPSA) is 25.2 Å². The first-order valence-corrected chi connectivity index (χ1v) is 5.36. The van der Waals surface area contributed by atoms with Crippen LogP contribution in [0.15, 0.2) is 30.5 Å². The number of aryl methyl sites for hydroxylation is 1. The van der Waals surface area contributed by atoms with Gasteiger partial charge in [0.25, 0.3) is 0 Å². The van der Waals surface area contributed by atoms with Crippen LogP contribution in [0.1, 0.15) is 12.5 Å². The van der Waals surface area contributed by atoms with Gasteiger partial charge in [-0.2, -0.15) is 0 Å². The Hall–Kier alpha value is -1.77. The Labute approximate surface area is 95.3 Å². The van der Waals surface area contributed by atoms with Crippen LogP contribution in [0, 0.1) is 6.92 Å². The Kier molecular flexibility index (Phi) is 2.69. The molecule has 0 unspecified atom stereocenters. The summed E-state index contributed by atoms with van der Waals surface area (Å²) < 4.78 is 2.10. The van der Waals surface area contributed by atoms with Crippen LogP contribution in [-0.4, -0.2) is 22.4 Å². The van der Waals surface area contributed by atoms with E-state index in [1.54, 1.807) is 11.8 Å². The second-order valence-corrected chi connectivity index (χ2v) is 4.16. The molecule has 0 radical (unpaired) electrons. The van der Waals surface area contributed by atoms with Crippen molar-refractivity contribution in [1.82, 2.24) is 9.47 Å². The fraction of sp³-hybridized carbons (Fsp3) is 0.308. The first kappa shape index (κ1) is 10.7. The minimum Gasteiger partial charge on any atom is -0.329 e. The zero-order chi connectivity index (χ0) is 11.7. The summed E-state index contributed by atoms with van der Waals surface area (Å²) >= 11 is 0. The Morgan fingerprint density at radius 1 is 1.38 bits per heavy atom. The van der Waals surface area contributed by atoms with E-state index < -0.39 is 0 Å². The van der Waals surface area contributed by atoms with E-state index in [1.807, 2.05) is 19.2 Å². The second-order valence-electron chi connectivity index (χ2n) is 4.16. The highest BCUT2D eigenvalue weighted by Gasteiger charge is 2.07. The van der Waals surface area contributed by atoms with Crippen molar-refractivity contribution in [2.75, 3.05) is 7.05 Å². The number of fused-ring (bicyclic) bond motifs is 1. The van der Waals surface area contributed by atoms with Gasteiger partial charge in [-0.15, -0.1) is 0 Å². The van der Waals surface area contributed by atoms with Crippen LogP contribution in [0.3, 0.4) is 0 Å². The van der Waals surface area contributed by atoms with Gasteiger partial charge in [-0.1, -0.05) is 18.2 Å². The molecule has 84 valence electrons. The van der Waals surface area contributed by atoms with E-state index in [2.05, 4.69) is 29.8 Å². The van der Waals surface area contributed by atoms with Crippen LogP contribution < -0.4 is 0 Å². The maximum absolute atomic E-state index is 11.2. The molecule has 0 aliphatic rings. The lowest BCUT2D eigenvalue weighted by atomic mass is 10.2. The van der Waals surface area contributed by atoms with Crippen molar-refractivity contribution in [3.8, 4) is 0 Å². The summed E-state index contributed by atoms with van der Waals surface area (Å²) in [4.78, 5) is 12.9. The zero-order valence-corrected chi connectivity index (χ0v) is 9.90. The summed E-state index contributed by atoms with van der Waals surface area (Å²) in [5, 5.41) is 1.25. The normalized spacial score (nSPS) is 10.7. The van der Waals surface area contributed by atoms with Crippen molar-refractivity contribution in [2.24, 2.45) is 0 Å². The lowest BCUT2D eigenvalue weighted by molar-refractivity contribution is -0.128. The molecular formula is C13H16N2O. The largest absolute Gasteiger partial charge is 0.329 e. The maximum Gasteiger partial charge on any atom is 0.220 e. The summed E-state index contributed by atoms with van der Waals surface area (Å²) in [6.45, 7) is 4.27. The van der Waals surface area contributed by atoms with Gasteiger partial charge in [0, 0.05) is 31.1 Å². The Morgan fingerprint density at radius 2 is 2.06 bits per heavy atom. The SMILES string of the molecule is CC(=O)N(C)Cn1cc(C)c2ccccc21. The van der Waals surface area contributed by atoms with Gasteiger partial charge >= 0.3 is 0 Å². The molecule has 0 spiro atoms. The minimum absolute atomic E-state index is 0.0791. The molecule has 0 bridgehead atoms. The van der Waals surface area contributed by atoms with Gasteiger partial charge in [-0.05, 0) is 18.6 Å². The standard InChI is InChI=1S/C13H16N2O/c1-10-8-15(9-14(3)11(2)16)13-7-5-4-6-12(10)13/h4-8H,9H2,1-3H3. The molecule has 1 aromatic carbocycles. The molecule has 16 heavy (non-hydrogen) atoms. The van der Waals surface area contributed by atoms with E-state index in [1.165, 1.54) is 16.5 Å². The molecule has 0 fully saturated rings. The molecule has 0 saturated carbocycles. The zero-order valence-electron chi connectivity index (χ0n) is 9.90. The third-order valence-corrected chi connectivity index (χ3v) is 2.89. The molecule has 1 amide bonds. The highest BCUT2D eigenvalue weighted by Crippen LogP contribution is 2.20. The van der Waals surface area contributed by atoms with Gasteiger partial charge in [0.1, 0.15) is 0 Å². The highest BCUT2D eigenvalue weighted by molar-refractivity contribution is 5.83. The van der Waals surface area contributed by atoms with E-state index in [-0.39, 0.29) is 5.91 Å². The van der Waals surface area contributed by atoms with Crippen LogP contribution in [-0.2, 0) is 11.5 Å². The number of rotatable bonds is 2. The molecule has 2 rings (SSSR count). The predicted molar refractivity (Wildman–Crippen MR) is 65.1 cm³/mol. The van der Waals surface area contributed by atoms with E-state index in [4.69, 9.17) is 0 Å². The fourth-order valence-corrected chi connectivity index (χ4v) is 1.88. The number of nitrogens with zero attached hydrogens (tertiary/aromatic N) is 2. The van der Waals surface area contributed by atoms with Gasteiger partial charge in [-0.25, -0.2) is 0 Å². The molecule has 2 aromatic rings. The number of carbonyl (C=O) groups is 1. The van der Waals surface area contributed by atoms with E-state index >= 15 is 0 Å². The quantitative estimate of drug-likeness (QED) is 0.756. The van der Waals surface area contributed by atoms with Crippen LogP contribution >= 0.6 is 0 Å². The van der Waals surface area contributed by atoms with E-state index in [0.717, 1.165) is 0 Å². The molecule has 3 nitrogen and oxygen atoms in total. The van der Waals surface area contributed by atoms with Crippen LogP contribution in [0.25, 0.3) is 10.9 Å². The third-order valence-electron chi connectivity index (χ3n) is 2.89. The smallest absolute Gasteiger partial charge is 0.220 e. The van der Waals surface area contributed by atoms with Crippen molar-refractivity contribution in [2.45, 2.75) is 20.5 Å². The second kappa shape index (κ2) is 4.00. The van der Waals surface area contributed by atoms with E-state index in [9.17, 15) is 4.79 Å². The maximum atomic E-state index is 11.2. The summed E-state index contributed by atoms with van der Waals surface area (Å²) in [6, 6.07) is 8.24. The van der Waals surface area contributed by atoms with Crippen molar-refractivity contribution >= 4 is 16.8 Å². The molecule has 3 heteroatoms. The Balaban J connectivity index is 2.42. The van der Waals surface area contributed by atoms with E-state index in [0.29, 0.717) is 6.67 Å². The number of hydrogen-bond donors (Lipinski definition) is 0. The fourth-order valence-electron chi connectivity index (χ4n) is 1.88. The van der Waals surface area contributed by atoms with Gasteiger partial charge in [0.2, 0.25) is 5.91 Å². The molecule has 0 atom stereocenters. The van der Waals surface area contributed by atoms with Gasteiger partial charge in [-0.3, -0.25) is 4.79 Å². The Bertz CT molecular complexity index is 528. The van der Waals surface area contributed by atoms with Crippen LogP contribution in [0.5, 0.6) is 0 Å². The number of para-hydroxylation sites is 1. The molecule has 1 heterocycles. The average molecular weight is 216 g/mol. The number of hydrogen-bond acceptors (Lipinski definition) is 1. The summed E-state index contributed by atoms with van der Waals surface area (Å²) in [6.07, 6.45) is 2.09. The molecule has 1 aromatic heterocycles. The summed E-state index contributed by atoms with van der Waals surface area (Å²) in [5.74, 6) is 0.0791. The summed E-state index contributed by atoms with van der Waals surface area (Å²) in [7, 11) is 1.81. The monoisotopic (exact) mass is 216 g/mol. The van der Waals surface area contributed by atoms with Crippen molar-refractivity contribution in [1.29, 1.82) is 0 Å². The lowest BCUT2D eigenvalue weighted by Crippen LogP contribution is -2.26. The summed E-state index contributed by atoms with van der Waals surface area (Å²) in [5.41, 5.74) is 2.42. The number of aromatic nitrogens is 1. The molecule has 0 saturated heterocycles. The molecular weight excluding hydrogens is 200 g/mol. The minimum atomic E-state index is 0.0791.